The smallest absolute Gasteiger partial charge is 0.119 e. The van der Waals surface area contributed by atoms with Crippen LogP contribution in [-0.2, 0) is 0 Å². The summed E-state index contributed by atoms with van der Waals surface area (Å²) in [6.07, 6.45) is -0.414. The number of rotatable bonds is 7. The molecule has 3 heteroatoms. The van der Waals surface area contributed by atoms with Crippen LogP contribution in [-0.4, -0.2) is 24.4 Å². The molecule has 3 nitrogen and oxygen atoms in total. The number of aliphatic hydroxyl groups is 1. The van der Waals surface area contributed by atoms with E-state index in [0.29, 0.717) is 19.1 Å². The molecule has 0 saturated carbocycles. The molecule has 0 aromatic heterocycles. The highest BCUT2D eigenvalue weighted by molar-refractivity contribution is 5.30. The van der Waals surface area contributed by atoms with E-state index in [1.54, 1.807) is 0 Å². The first kappa shape index (κ1) is 16.0. The van der Waals surface area contributed by atoms with Gasteiger partial charge in [0.1, 0.15) is 5.75 Å². The Morgan fingerprint density at radius 3 is 2.16 bits per heavy atom. The molecule has 19 heavy (non-hydrogen) atoms. The van der Waals surface area contributed by atoms with Crippen molar-refractivity contribution in [1.82, 2.24) is 0 Å². The van der Waals surface area contributed by atoms with E-state index in [9.17, 15) is 5.11 Å². The van der Waals surface area contributed by atoms with Crippen LogP contribution in [0.2, 0.25) is 0 Å². The van der Waals surface area contributed by atoms with Crippen molar-refractivity contribution in [1.29, 1.82) is 0 Å². The third-order valence-electron chi connectivity index (χ3n) is 3.88. The van der Waals surface area contributed by atoms with Crippen LogP contribution in [0, 0.1) is 11.8 Å². The molecule has 0 spiro atoms. The fourth-order valence-electron chi connectivity index (χ4n) is 2.21. The number of hydrogen-bond donors (Lipinski definition) is 2. The third kappa shape index (κ3) is 4.22. The normalized spacial score (nSPS) is 16.2. The molecule has 0 heterocycles. The van der Waals surface area contributed by atoms with Gasteiger partial charge in [-0.3, -0.25) is 0 Å². The van der Waals surface area contributed by atoms with Crippen molar-refractivity contribution in [3.05, 3.63) is 29.8 Å². The molecular weight excluding hydrogens is 238 g/mol. The van der Waals surface area contributed by atoms with E-state index >= 15 is 0 Å². The van der Waals surface area contributed by atoms with Crippen LogP contribution in [0.5, 0.6) is 5.75 Å². The molecule has 3 atom stereocenters. The summed E-state index contributed by atoms with van der Waals surface area (Å²) in [7, 11) is 0. The molecule has 0 amide bonds. The van der Waals surface area contributed by atoms with Crippen LogP contribution in [0.15, 0.2) is 24.3 Å². The summed E-state index contributed by atoms with van der Waals surface area (Å²) >= 11 is 0. The van der Waals surface area contributed by atoms with Crippen molar-refractivity contribution >= 4 is 0 Å². The molecule has 0 bridgehead atoms. The van der Waals surface area contributed by atoms with Crippen LogP contribution >= 0.6 is 0 Å². The van der Waals surface area contributed by atoms with Crippen LogP contribution < -0.4 is 10.5 Å². The minimum atomic E-state index is -0.414. The van der Waals surface area contributed by atoms with Gasteiger partial charge in [-0.2, -0.15) is 0 Å². The molecule has 0 saturated heterocycles. The van der Waals surface area contributed by atoms with Gasteiger partial charge in [0.05, 0.1) is 12.7 Å². The number of nitrogens with two attached hydrogens (primary N) is 1. The van der Waals surface area contributed by atoms with Crippen molar-refractivity contribution < 1.29 is 9.84 Å². The SMILES string of the molecule is CCOc1ccc(C(CN)C(O)C(C)C(C)C)cc1. The quantitative estimate of drug-likeness (QED) is 0.797. The van der Waals surface area contributed by atoms with Gasteiger partial charge in [-0.15, -0.1) is 0 Å². The zero-order chi connectivity index (χ0) is 14.4. The molecule has 1 aromatic carbocycles. The van der Waals surface area contributed by atoms with Gasteiger partial charge < -0.3 is 15.6 Å². The van der Waals surface area contributed by atoms with Gasteiger partial charge >= 0.3 is 0 Å². The number of aliphatic hydroxyl groups excluding tert-OH is 1. The van der Waals surface area contributed by atoms with E-state index in [1.165, 1.54) is 0 Å². The van der Waals surface area contributed by atoms with Gasteiger partial charge in [0, 0.05) is 12.5 Å². The number of hydrogen-bond acceptors (Lipinski definition) is 3. The largest absolute Gasteiger partial charge is 0.494 e. The zero-order valence-corrected chi connectivity index (χ0v) is 12.5. The molecule has 0 fully saturated rings. The summed E-state index contributed by atoms with van der Waals surface area (Å²) in [5.74, 6) is 1.49. The first-order valence-corrected chi connectivity index (χ1v) is 7.12. The average Bonchev–Trinajstić information content (AvgIpc) is 2.40. The second kappa shape index (κ2) is 7.51. The van der Waals surface area contributed by atoms with Crippen LogP contribution in [0.25, 0.3) is 0 Å². The summed E-state index contributed by atoms with van der Waals surface area (Å²) in [6, 6.07) is 7.88. The second-order valence-electron chi connectivity index (χ2n) is 5.44. The maximum absolute atomic E-state index is 10.5. The highest BCUT2D eigenvalue weighted by atomic mass is 16.5. The van der Waals surface area contributed by atoms with Crippen molar-refractivity contribution in [2.75, 3.05) is 13.2 Å². The van der Waals surface area contributed by atoms with E-state index in [4.69, 9.17) is 10.5 Å². The Kier molecular flexibility index (Phi) is 6.32. The molecule has 0 aliphatic rings. The van der Waals surface area contributed by atoms with Gasteiger partial charge in [-0.25, -0.2) is 0 Å². The average molecular weight is 265 g/mol. The Morgan fingerprint density at radius 1 is 1.16 bits per heavy atom. The van der Waals surface area contributed by atoms with Crippen LogP contribution in [0.3, 0.4) is 0 Å². The maximum Gasteiger partial charge on any atom is 0.119 e. The van der Waals surface area contributed by atoms with Crippen molar-refractivity contribution in [2.45, 2.75) is 39.7 Å². The Balaban J connectivity index is 2.84. The second-order valence-corrected chi connectivity index (χ2v) is 5.44. The fourth-order valence-corrected chi connectivity index (χ4v) is 2.21. The van der Waals surface area contributed by atoms with Crippen LogP contribution in [0.1, 0.15) is 39.2 Å². The summed E-state index contributed by atoms with van der Waals surface area (Å²) in [5.41, 5.74) is 6.92. The lowest BCUT2D eigenvalue weighted by atomic mass is 9.81. The van der Waals surface area contributed by atoms with Gasteiger partial charge in [0.2, 0.25) is 0 Å². The van der Waals surface area contributed by atoms with E-state index in [1.807, 2.05) is 31.2 Å². The maximum atomic E-state index is 10.5. The molecule has 3 N–H and O–H groups in total. The molecule has 1 aromatic rings. The minimum Gasteiger partial charge on any atom is -0.494 e. The van der Waals surface area contributed by atoms with Gasteiger partial charge in [0.15, 0.2) is 0 Å². The van der Waals surface area contributed by atoms with Gasteiger partial charge in [-0.1, -0.05) is 32.9 Å². The highest BCUT2D eigenvalue weighted by Gasteiger charge is 2.26. The Morgan fingerprint density at radius 2 is 1.74 bits per heavy atom. The van der Waals surface area contributed by atoms with Crippen molar-refractivity contribution in [3.8, 4) is 5.75 Å². The Bertz CT molecular complexity index is 362. The van der Waals surface area contributed by atoms with Gasteiger partial charge in [-0.05, 0) is 36.5 Å². The molecule has 0 aliphatic heterocycles. The Hall–Kier alpha value is -1.06. The first-order chi connectivity index (χ1) is 9.01. The van der Waals surface area contributed by atoms with E-state index in [2.05, 4.69) is 20.8 Å². The lowest BCUT2D eigenvalue weighted by molar-refractivity contribution is 0.0684. The molecule has 3 unspecified atom stereocenters. The van der Waals surface area contributed by atoms with Gasteiger partial charge in [0.25, 0.3) is 0 Å². The molecular formula is C16H27NO2. The fraction of sp³-hybridized carbons (Fsp3) is 0.625. The van der Waals surface area contributed by atoms with Crippen molar-refractivity contribution in [3.63, 3.8) is 0 Å². The summed E-state index contributed by atoms with van der Waals surface area (Å²) in [6.45, 7) is 9.40. The molecule has 1 rings (SSSR count). The standard InChI is InChI=1S/C16H27NO2/c1-5-19-14-8-6-13(7-9-14)15(10-17)16(18)12(4)11(2)3/h6-9,11-12,15-16,18H,5,10,17H2,1-4H3. The lowest BCUT2D eigenvalue weighted by Crippen LogP contribution is -2.33. The van der Waals surface area contributed by atoms with Crippen molar-refractivity contribution in [2.24, 2.45) is 17.6 Å². The summed E-state index contributed by atoms with van der Waals surface area (Å²) in [4.78, 5) is 0. The number of ether oxygens (including phenoxy) is 1. The molecule has 0 aliphatic carbocycles. The topological polar surface area (TPSA) is 55.5 Å². The predicted octanol–water partition coefficient (Wildman–Crippen LogP) is 2.78. The van der Waals surface area contributed by atoms with E-state index in [-0.39, 0.29) is 11.8 Å². The van der Waals surface area contributed by atoms with Crippen LogP contribution in [0.4, 0.5) is 0 Å². The summed E-state index contributed by atoms with van der Waals surface area (Å²) in [5, 5.41) is 10.5. The molecule has 108 valence electrons. The third-order valence-corrected chi connectivity index (χ3v) is 3.88. The predicted molar refractivity (Wildman–Crippen MR) is 79.4 cm³/mol. The lowest BCUT2D eigenvalue weighted by Gasteiger charge is -2.29. The number of benzene rings is 1. The van der Waals surface area contributed by atoms with E-state index < -0.39 is 6.10 Å². The van der Waals surface area contributed by atoms with E-state index in [0.717, 1.165) is 11.3 Å². The highest BCUT2D eigenvalue weighted by Crippen LogP contribution is 2.28. The zero-order valence-electron chi connectivity index (χ0n) is 12.5. The first-order valence-electron chi connectivity index (χ1n) is 7.12. The minimum absolute atomic E-state index is 0.0203. The Labute approximate surface area is 116 Å². The monoisotopic (exact) mass is 265 g/mol. The summed E-state index contributed by atoms with van der Waals surface area (Å²) < 4.78 is 5.43. The molecule has 0 radical (unpaired) electrons.